The van der Waals surface area contributed by atoms with Crippen molar-refractivity contribution in [2.24, 2.45) is 5.73 Å². The fraction of sp³-hybridized carbons (Fsp3) is 0.375. The van der Waals surface area contributed by atoms with Gasteiger partial charge in [-0.2, -0.15) is 0 Å². The Hall–Kier alpha value is -1.05. The second-order valence-corrected chi connectivity index (χ2v) is 2.55. The van der Waals surface area contributed by atoms with Crippen molar-refractivity contribution in [1.29, 1.82) is 0 Å². The number of carbonyl (C=O) groups excluding carboxylic acids is 1. The van der Waals surface area contributed by atoms with Crippen LogP contribution in [0.25, 0.3) is 0 Å². The van der Waals surface area contributed by atoms with E-state index in [2.05, 4.69) is 0 Å². The summed E-state index contributed by atoms with van der Waals surface area (Å²) < 4.78 is 0. The van der Waals surface area contributed by atoms with Crippen molar-refractivity contribution in [1.82, 2.24) is 0 Å². The van der Waals surface area contributed by atoms with Crippen LogP contribution in [0, 0.1) is 0 Å². The molecule has 1 amide bonds. The van der Waals surface area contributed by atoms with Crippen molar-refractivity contribution in [3.8, 4) is 0 Å². The zero-order valence-electron chi connectivity index (χ0n) is 6.05. The lowest BCUT2D eigenvalue weighted by molar-refractivity contribution is -0.114. The molecule has 0 aliphatic heterocycles. The van der Waals surface area contributed by atoms with Gasteiger partial charge in [0.15, 0.2) is 0 Å². The molecule has 0 heterocycles. The Balaban J connectivity index is 2.79. The number of hydrogen-bond donors (Lipinski definition) is 1. The van der Waals surface area contributed by atoms with Gasteiger partial charge in [0.05, 0.1) is 0 Å². The van der Waals surface area contributed by atoms with Crippen LogP contribution in [0.4, 0.5) is 0 Å². The molecule has 2 nitrogen and oxygen atoms in total. The first kappa shape index (κ1) is 7.06. The highest BCUT2D eigenvalue weighted by molar-refractivity contribution is 5.95. The third kappa shape index (κ3) is 1.47. The van der Waals surface area contributed by atoms with Crippen molar-refractivity contribution in [3.63, 3.8) is 0 Å². The van der Waals surface area contributed by atoms with E-state index >= 15 is 0 Å². The fourth-order valence-corrected chi connectivity index (χ4v) is 1.02. The third-order valence-electron chi connectivity index (χ3n) is 1.59. The van der Waals surface area contributed by atoms with Gasteiger partial charge in [-0.3, -0.25) is 4.79 Å². The number of allylic oxidation sites excluding steroid dienone is 2. The van der Waals surface area contributed by atoms with E-state index in [0.29, 0.717) is 5.57 Å². The van der Waals surface area contributed by atoms with Crippen LogP contribution >= 0.6 is 0 Å². The first-order valence-corrected chi connectivity index (χ1v) is 3.37. The van der Waals surface area contributed by atoms with Crippen molar-refractivity contribution in [2.45, 2.75) is 19.8 Å². The number of amides is 1. The van der Waals surface area contributed by atoms with Gasteiger partial charge in [0.2, 0.25) is 5.91 Å². The summed E-state index contributed by atoms with van der Waals surface area (Å²) in [7, 11) is 0. The van der Waals surface area contributed by atoms with Gasteiger partial charge in [-0.05, 0) is 19.8 Å². The highest BCUT2D eigenvalue weighted by atomic mass is 16.1. The van der Waals surface area contributed by atoms with E-state index in [0.717, 1.165) is 12.8 Å². The van der Waals surface area contributed by atoms with Gasteiger partial charge in [-0.1, -0.05) is 17.7 Å². The molecule has 1 rings (SSSR count). The smallest absolute Gasteiger partial charge is 0.248 e. The summed E-state index contributed by atoms with van der Waals surface area (Å²) in [5.41, 5.74) is 6.97. The molecule has 0 saturated carbocycles. The molecule has 0 saturated heterocycles. The molecule has 0 atom stereocenters. The third-order valence-corrected chi connectivity index (χ3v) is 1.59. The van der Waals surface area contributed by atoms with Crippen molar-refractivity contribution in [3.05, 3.63) is 23.3 Å². The highest BCUT2D eigenvalue weighted by Gasteiger charge is 2.05. The molecular weight excluding hydrogens is 126 g/mol. The second-order valence-electron chi connectivity index (χ2n) is 2.55. The molecular formula is C8H11NO. The van der Waals surface area contributed by atoms with Crippen molar-refractivity contribution >= 4 is 5.91 Å². The van der Waals surface area contributed by atoms with Crippen LogP contribution in [0.2, 0.25) is 0 Å². The van der Waals surface area contributed by atoms with Crippen molar-refractivity contribution in [2.75, 3.05) is 0 Å². The zero-order valence-corrected chi connectivity index (χ0v) is 6.05. The maximum absolute atomic E-state index is 10.6. The summed E-state index contributed by atoms with van der Waals surface area (Å²) in [4.78, 5) is 10.6. The lowest BCUT2D eigenvalue weighted by Gasteiger charge is -2.06. The topological polar surface area (TPSA) is 43.1 Å². The van der Waals surface area contributed by atoms with Gasteiger partial charge >= 0.3 is 0 Å². The molecule has 2 heteroatoms. The average molecular weight is 137 g/mol. The summed E-state index contributed by atoms with van der Waals surface area (Å²) in [6, 6.07) is 0. The molecule has 0 radical (unpaired) electrons. The fourth-order valence-electron chi connectivity index (χ4n) is 1.02. The number of carbonyl (C=O) groups is 1. The van der Waals surface area contributed by atoms with E-state index in [4.69, 9.17) is 5.73 Å². The SMILES string of the molecule is CC1=CC(C(N)=O)=CCC1. The predicted octanol–water partition coefficient (Wildman–Crippen LogP) is 1.14. The number of primary amides is 1. The molecule has 0 spiro atoms. The van der Waals surface area contributed by atoms with Crippen LogP contribution in [0.5, 0.6) is 0 Å². The molecule has 10 heavy (non-hydrogen) atoms. The van der Waals surface area contributed by atoms with E-state index in [-0.39, 0.29) is 5.91 Å². The minimum atomic E-state index is -0.320. The van der Waals surface area contributed by atoms with Gasteiger partial charge in [-0.15, -0.1) is 0 Å². The lowest BCUT2D eigenvalue weighted by atomic mass is 10.0. The van der Waals surface area contributed by atoms with Gasteiger partial charge in [0, 0.05) is 5.57 Å². The average Bonchev–Trinajstić information content (AvgIpc) is 1.88. The number of rotatable bonds is 1. The Labute approximate surface area is 60.4 Å². The predicted molar refractivity (Wildman–Crippen MR) is 40.3 cm³/mol. The molecule has 0 aromatic heterocycles. The normalized spacial score (nSPS) is 17.7. The van der Waals surface area contributed by atoms with E-state index in [1.54, 1.807) is 0 Å². The minimum Gasteiger partial charge on any atom is -0.366 e. The van der Waals surface area contributed by atoms with Crippen molar-refractivity contribution < 1.29 is 4.79 Å². The molecule has 0 bridgehead atoms. The largest absolute Gasteiger partial charge is 0.366 e. The van der Waals surface area contributed by atoms with Gasteiger partial charge in [-0.25, -0.2) is 0 Å². The van der Waals surface area contributed by atoms with E-state index in [9.17, 15) is 4.79 Å². The molecule has 0 unspecified atom stereocenters. The van der Waals surface area contributed by atoms with Crippen LogP contribution < -0.4 is 5.73 Å². The molecule has 1 aliphatic rings. The Morgan fingerprint density at radius 2 is 2.40 bits per heavy atom. The maximum Gasteiger partial charge on any atom is 0.248 e. The summed E-state index contributed by atoms with van der Waals surface area (Å²) in [6.45, 7) is 2.01. The van der Waals surface area contributed by atoms with Gasteiger partial charge < -0.3 is 5.73 Å². The first-order valence-electron chi connectivity index (χ1n) is 3.37. The van der Waals surface area contributed by atoms with Crippen LogP contribution in [-0.4, -0.2) is 5.91 Å². The Morgan fingerprint density at radius 3 is 2.80 bits per heavy atom. The Kier molecular flexibility index (Phi) is 1.90. The molecule has 0 fully saturated rings. The van der Waals surface area contributed by atoms with E-state index < -0.39 is 0 Å². The number of hydrogen-bond acceptors (Lipinski definition) is 1. The molecule has 54 valence electrons. The quantitative estimate of drug-likeness (QED) is 0.578. The monoisotopic (exact) mass is 137 g/mol. The zero-order chi connectivity index (χ0) is 7.56. The van der Waals surface area contributed by atoms with E-state index in [1.807, 2.05) is 19.1 Å². The summed E-state index contributed by atoms with van der Waals surface area (Å²) in [5, 5.41) is 0. The highest BCUT2D eigenvalue weighted by Crippen LogP contribution is 2.15. The summed E-state index contributed by atoms with van der Waals surface area (Å²) in [6.07, 6.45) is 5.73. The minimum absolute atomic E-state index is 0.320. The van der Waals surface area contributed by atoms with Crippen LogP contribution in [0.1, 0.15) is 19.8 Å². The van der Waals surface area contributed by atoms with Crippen LogP contribution in [0.15, 0.2) is 23.3 Å². The first-order chi connectivity index (χ1) is 4.70. The number of nitrogens with two attached hydrogens (primary N) is 1. The van der Waals surface area contributed by atoms with Gasteiger partial charge in [0.1, 0.15) is 0 Å². The van der Waals surface area contributed by atoms with Crippen LogP contribution in [0.3, 0.4) is 0 Å². The lowest BCUT2D eigenvalue weighted by Crippen LogP contribution is -2.13. The summed E-state index contributed by atoms with van der Waals surface area (Å²) >= 11 is 0. The molecule has 2 N–H and O–H groups in total. The van der Waals surface area contributed by atoms with Crippen LogP contribution in [-0.2, 0) is 4.79 Å². The summed E-state index contributed by atoms with van der Waals surface area (Å²) in [5.74, 6) is -0.320. The van der Waals surface area contributed by atoms with E-state index in [1.165, 1.54) is 5.57 Å². The molecule has 1 aliphatic carbocycles. The Morgan fingerprint density at radius 1 is 1.70 bits per heavy atom. The Bertz CT molecular complexity index is 213. The molecule has 0 aromatic rings. The van der Waals surface area contributed by atoms with Gasteiger partial charge in [0.25, 0.3) is 0 Å². The maximum atomic E-state index is 10.6. The standard InChI is InChI=1S/C8H11NO/c1-6-3-2-4-7(5-6)8(9)10/h4-5H,2-3H2,1H3,(H2,9,10). The second kappa shape index (κ2) is 2.69. The molecule has 0 aromatic carbocycles.